The van der Waals surface area contributed by atoms with E-state index in [9.17, 15) is 4.79 Å². The van der Waals surface area contributed by atoms with Crippen molar-refractivity contribution < 1.29 is 19.0 Å². The van der Waals surface area contributed by atoms with Crippen LogP contribution in [0.3, 0.4) is 0 Å². The molecule has 2 heterocycles. The number of carbonyl (C=O) groups is 1. The van der Waals surface area contributed by atoms with Gasteiger partial charge >= 0.3 is 0 Å². The van der Waals surface area contributed by atoms with Gasteiger partial charge in [0.2, 0.25) is 0 Å². The maximum atomic E-state index is 12.7. The number of hydrogen-bond donors (Lipinski definition) is 1. The SMILES string of the molecule is COc1ccc(Cn2ncc3cc(C(=O)Nc4ccc(OCC#N)cc4)cnc32)c(OC)c1. The second-order valence-electron chi connectivity index (χ2n) is 7.04. The average Bonchev–Trinajstić information content (AvgIpc) is 3.25. The number of hydrogen-bond acceptors (Lipinski definition) is 7. The molecule has 0 bridgehead atoms. The molecule has 0 spiro atoms. The average molecular weight is 443 g/mol. The van der Waals surface area contributed by atoms with Crippen LogP contribution in [-0.4, -0.2) is 41.5 Å². The monoisotopic (exact) mass is 443 g/mol. The van der Waals surface area contributed by atoms with Crippen molar-refractivity contribution in [1.82, 2.24) is 14.8 Å². The minimum absolute atomic E-state index is 0.0314. The van der Waals surface area contributed by atoms with E-state index >= 15 is 0 Å². The largest absolute Gasteiger partial charge is 0.497 e. The van der Waals surface area contributed by atoms with Crippen molar-refractivity contribution in [2.75, 3.05) is 26.1 Å². The maximum absolute atomic E-state index is 12.7. The number of benzene rings is 2. The maximum Gasteiger partial charge on any atom is 0.257 e. The second-order valence-corrected chi connectivity index (χ2v) is 7.04. The van der Waals surface area contributed by atoms with Gasteiger partial charge in [0.15, 0.2) is 12.3 Å². The van der Waals surface area contributed by atoms with Crippen molar-refractivity contribution in [3.63, 3.8) is 0 Å². The quantitative estimate of drug-likeness (QED) is 0.442. The standard InChI is InChI=1S/C24H21N5O4/c1-31-21-6-3-16(22(12-21)32-2)15-29-23-17(14-27-29)11-18(13-26-23)24(30)28-19-4-7-20(8-5-19)33-10-9-25/h3-8,11-14H,10,15H2,1-2H3,(H,28,30). The minimum Gasteiger partial charge on any atom is -0.497 e. The minimum atomic E-state index is -0.292. The number of aromatic nitrogens is 3. The van der Waals surface area contributed by atoms with Crippen molar-refractivity contribution in [2.24, 2.45) is 0 Å². The Kier molecular flexibility index (Phi) is 6.36. The first-order valence-corrected chi connectivity index (χ1v) is 10.0. The van der Waals surface area contributed by atoms with Crippen LogP contribution in [0, 0.1) is 11.3 Å². The molecule has 166 valence electrons. The molecular formula is C24H21N5O4. The number of ether oxygens (including phenoxy) is 3. The normalized spacial score (nSPS) is 10.5. The molecule has 0 aliphatic heterocycles. The molecule has 0 aliphatic carbocycles. The Morgan fingerprint density at radius 2 is 1.85 bits per heavy atom. The van der Waals surface area contributed by atoms with Crippen LogP contribution in [0.4, 0.5) is 5.69 Å². The van der Waals surface area contributed by atoms with Gasteiger partial charge in [-0.05, 0) is 42.5 Å². The van der Waals surface area contributed by atoms with Gasteiger partial charge in [-0.15, -0.1) is 0 Å². The highest BCUT2D eigenvalue weighted by Gasteiger charge is 2.13. The van der Waals surface area contributed by atoms with Gasteiger partial charge < -0.3 is 19.5 Å². The lowest BCUT2D eigenvalue weighted by atomic mass is 10.2. The third-order valence-corrected chi connectivity index (χ3v) is 4.97. The zero-order valence-electron chi connectivity index (χ0n) is 18.1. The van der Waals surface area contributed by atoms with E-state index in [0.717, 1.165) is 10.9 Å². The molecule has 4 aromatic rings. The highest BCUT2D eigenvalue weighted by Crippen LogP contribution is 2.26. The predicted molar refractivity (Wildman–Crippen MR) is 122 cm³/mol. The number of amides is 1. The molecule has 33 heavy (non-hydrogen) atoms. The van der Waals surface area contributed by atoms with Crippen LogP contribution in [0.1, 0.15) is 15.9 Å². The van der Waals surface area contributed by atoms with Crippen molar-refractivity contribution >= 4 is 22.6 Å². The summed E-state index contributed by atoms with van der Waals surface area (Å²) in [7, 11) is 3.21. The van der Waals surface area contributed by atoms with E-state index in [1.54, 1.807) is 55.4 Å². The number of nitrogens with zero attached hydrogens (tertiary/aromatic N) is 4. The van der Waals surface area contributed by atoms with Crippen LogP contribution in [0.25, 0.3) is 11.0 Å². The summed E-state index contributed by atoms with van der Waals surface area (Å²) in [5.41, 5.74) is 2.60. The number of methoxy groups -OCH3 is 2. The molecule has 0 saturated carbocycles. The van der Waals surface area contributed by atoms with Crippen molar-refractivity contribution in [3.8, 4) is 23.3 Å². The van der Waals surface area contributed by atoms with Gasteiger partial charge in [0.05, 0.1) is 32.5 Å². The van der Waals surface area contributed by atoms with Crippen LogP contribution < -0.4 is 19.5 Å². The lowest BCUT2D eigenvalue weighted by molar-refractivity contribution is 0.102. The van der Waals surface area contributed by atoms with Gasteiger partial charge in [-0.2, -0.15) is 10.4 Å². The molecule has 0 radical (unpaired) electrons. The Labute approximate surface area is 190 Å². The lowest BCUT2D eigenvalue weighted by Gasteiger charge is -2.11. The summed E-state index contributed by atoms with van der Waals surface area (Å²) in [4.78, 5) is 17.1. The number of carbonyl (C=O) groups excluding carboxylic acids is 1. The fourth-order valence-electron chi connectivity index (χ4n) is 3.31. The Bertz CT molecular complexity index is 1330. The number of fused-ring (bicyclic) bond motifs is 1. The lowest BCUT2D eigenvalue weighted by Crippen LogP contribution is -2.12. The van der Waals surface area contributed by atoms with E-state index in [1.807, 2.05) is 24.3 Å². The van der Waals surface area contributed by atoms with E-state index in [0.29, 0.717) is 40.7 Å². The smallest absolute Gasteiger partial charge is 0.257 e. The molecule has 0 fully saturated rings. The summed E-state index contributed by atoms with van der Waals surface area (Å²) in [6, 6.07) is 16.0. The van der Waals surface area contributed by atoms with Crippen LogP contribution >= 0.6 is 0 Å². The number of rotatable bonds is 8. The number of anilines is 1. The van der Waals surface area contributed by atoms with E-state index in [-0.39, 0.29) is 12.5 Å². The Morgan fingerprint density at radius 3 is 2.58 bits per heavy atom. The first-order valence-electron chi connectivity index (χ1n) is 10.0. The number of nitrogens with one attached hydrogen (secondary N) is 1. The van der Waals surface area contributed by atoms with Gasteiger partial charge in [-0.1, -0.05) is 0 Å². The molecule has 0 atom stereocenters. The summed E-state index contributed by atoms with van der Waals surface area (Å²) >= 11 is 0. The van der Waals surface area contributed by atoms with Crippen LogP contribution in [0.15, 0.2) is 60.9 Å². The number of pyridine rings is 1. The van der Waals surface area contributed by atoms with Crippen molar-refractivity contribution in [2.45, 2.75) is 6.54 Å². The van der Waals surface area contributed by atoms with E-state index in [1.165, 1.54) is 6.20 Å². The fraction of sp³-hybridized carbons (Fsp3) is 0.167. The topological polar surface area (TPSA) is 111 Å². The molecule has 0 saturated heterocycles. The van der Waals surface area contributed by atoms with Crippen molar-refractivity contribution in [1.29, 1.82) is 5.26 Å². The Hall–Kier alpha value is -4.58. The molecule has 2 aromatic heterocycles. The summed E-state index contributed by atoms with van der Waals surface area (Å²) in [6.45, 7) is 0.422. The van der Waals surface area contributed by atoms with Crippen molar-refractivity contribution in [3.05, 3.63) is 72.1 Å². The molecule has 0 unspecified atom stereocenters. The summed E-state index contributed by atoms with van der Waals surface area (Å²) in [5, 5.41) is 16.6. The molecule has 1 amide bonds. The molecule has 9 heteroatoms. The molecule has 0 aliphatic rings. The molecule has 4 rings (SSSR count). The highest BCUT2D eigenvalue weighted by atomic mass is 16.5. The predicted octanol–water partition coefficient (Wildman–Crippen LogP) is 3.65. The summed E-state index contributed by atoms with van der Waals surface area (Å²) < 4.78 is 17.7. The Balaban J connectivity index is 1.49. The van der Waals surface area contributed by atoms with Gasteiger partial charge in [-0.3, -0.25) is 4.79 Å². The third kappa shape index (κ3) is 4.85. The summed E-state index contributed by atoms with van der Waals surface area (Å²) in [6.07, 6.45) is 3.20. The number of nitriles is 1. The zero-order chi connectivity index (χ0) is 23.2. The second kappa shape index (κ2) is 9.70. The summed E-state index contributed by atoms with van der Waals surface area (Å²) in [5.74, 6) is 1.66. The molecule has 1 N–H and O–H groups in total. The van der Waals surface area contributed by atoms with Gasteiger partial charge in [-0.25, -0.2) is 9.67 Å². The van der Waals surface area contributed by atoms with Crippen LogP contribution in [0.5, 0.6) is 17.2 Å². The van der Waals surface area contributed by atoms with Crippen LogP contribution in [-0.2, 0) is 6.54 Å². The van der Waals surface area contributed by atoms with Gasteiger partial charge in [0, 0.05) is 28.9 Å². The Morgan fingerprint density at radius 1 is 1.06 bits per heavy atom. The van der Waals surface area contributed by atoms with Gasteiger partial charge in [0.1, 0.15) is 23.3 Å². The zero-order valence-corrected chi connectivity index (χ0v) is 18.1. The molecule has 9 nitrogen and oxygen atoms in total. The van der Waals surface area contributed by atoms with E-state index in [2.05, 4.69) is 15.4 Å². The first kappa shape index (κ1) is 21.6. The first-order chi connectivity index (χ1) is 16.1. The van der Waals surface area contributed by atoms with E-state index < -0.39 is 0 Å². The van der Waals surface area contributed by atoms with Crippen LogP contribution in [0.2, 0.25) is 0 Å². The highest BCUT2D eigenvalue weighted by molar-refractivity contribution is 6.05. The van der Waals surface area contributed by atoms with Gasteiger partial charge in [0.25, 0.3) is 5.91 Å². The molecular weight excluding hydrogens is 422 g/mol. The fourth-order valence-corrected chi connectivity index (χ4v) is 3.31. The third-order valence-electron chi connectivity index (χ3n) is 4.97. The van der Waals surface area contributed by atoms with E-state index in [4.69, 9.17) is 19.5 Å². The molecule has 2 aromatic carbocycles.